The van der Waals surface area contributed by atoms with Crippen LogP contribution in [0.4, 0.5) is 5.69 Å². The lowest BCUT2D eigenvalue weighted by molar-refractivity contribution is 0.0955. The molecule has 0 spiro atoms. The van der Waals surface area contributed by atoms with Gasteiger partial charge in [0.25, 0.3) is 5.91 Å². The summed E-state index contributed by atoms with van der Waals surface area (Å²) in [6, 6.07) is 12.0. The zero-order chi connectivity index (χ0) is 16.8. The van der Waals surface area contributed by atoms with Crippen LogP contribution in [-0.2, 0) is 0 Å². The summed E-state index contributed by atoms with van der Waals surface area (Å²) >= 11 is 0. The van der Waals surface area contributed by atoms with Crippen LogP contribution in [0, 0.1) is 0 Å². The predicted octanol–water partition coefficient (Wildman–Crippen LogP) is 2.44. The van der Waals surface area contributed by atoms with E-state index < -0.39 is 0 Å². The van der Waals surface area contributed by atoms with Crippen molar-refractivity contribution in [2.24, 2.45) is 5.10 Å². The first kappa shape index (κ1) is 16.4. The molecular formula is C17H19N3O3. The predicted molar refractivity (Wildman–Crippen MR) is 90.1 cm³/mol. The second-order valence-corrected chi connectivity index (χ2v) is 4.83. The van der Waals surface area contributed by atoms with Crippen molar-refractivity contribution in [1.82, 2.24) is 5.43 Å². The summed E-state index contributed by atoms with van der Waals surface area (Å²) in [6.07, 6.45) is 0. The molecule has 1 amide bonds. The smallest absolute Gasteiger partial charge is 0.271 e. The van der Waals surface area contributed by atoms with E-state index in [4.69, 9.17) is 15.2 Å². The van der Waals surface area contributed by atoms with Crippen molar-refractivity contribution in [1.29, 1.82) is 0 Å². The van der Waals surface area contributed by atoms with Crippen molar-refractivity contribution in [3.8, 4) is 11.5 Å². The third-order valence-electron chi connectivity index (χ3n) is 3.30. The third-order valence-corrected chi connectivity index (χ3v) is 3.30. The van der Waals surface area contributed by atoms with Gasteiger partial charge in [-0.1, -0.05) is 0 Å². The molecule has 0 aliphatic rings. The number of nitrogens with zero attached hydrogens (tertiary/aromatic N) is 1. The Morgan fingerprint density at radius 2 is 1.78 bits per heavy atom. The van der Waals surface area contributed by atoms with E-state index in [0.717, 1.165) is 5.56 Å². The summed E-state index contributed by atoms with van der Waals surface area (Å²) in [5, 5.41) is 4.12. The van der Waals surface area contributed by atoms with Crippen molar-refractivity contribution in [3.05, 3.63) is 53.6 Å². The van der Waals surface area contributed by atoms with Gasteiger partial charge in [-0.15, -0.1) is 0 Å². The van der Waals surface area contributed by atoms with E-state index in [1.165, 1.54) is 0 Å². The Labute approximate surface area is 134 Å². The Morgan fingerprint density at radius 1 is 1.09 bits per heavy atom. The summed E-state index contributed by atoms with van der Waals surface area (Å²) in [4.78, 5) is 12.0. The molecule has 0 aromatic heterocycles. The number of rotatable bonds is 5. The highest BCUT2D eigenvalue weighted by Crippen LogP contribution is 2.25. The van der Waals surface area contributed by atoms with Crippen molar-refractivity contribution >= 4 is 17.3 Å². The molecule has 6 nitrogen and oxygen atoms in total. The Hall–Kier alpha value is -3.02. The zero-order valence-corrected chi connectivity index (χ0v) is 13.3. The first-order chi connectivity index (χ1) is 11.0. The number of hydrogen-bond acceptors (Lipinski definition) is 5. The normalized spacial score (nSPS) is 11.0. The van der Waals surface area contributed by atoms with E-state index in [1.54, 1.807) is 57.5 Å². The average Bonchev–Trinajstić information content (AvgIpc) is 2.59. The van der Waals surface area contributed by atoms with Crippen LogP contribution in [0.2, 0.25) is 0 Å². The van der Waals surface area contributed by atoms with E-state index in [1.807, 2.05) is 6.07 Å². The molecule has 6 heteroatoms. The molecule has 0 radical (unpaired) electrons. The highest BCUT2D eigenvalue weighted by molar-refractivity contribution is 6.02. The minimum Gasteiger partial charge on any atom is -0.497 e. The molecule has 0 saturated heterocycles. The maximum Gasteiger partial charge on any atom is 0.271 e. The molecule has 0 aliphatic carbocycles. The van der Waals surface area contributed by atoms with E-state index in [9.17, 15) is 4.79 Å². The van der Waals surface area contributed by atoms with Crippen LogP contribution in [0.1, 0.15) is 22.8 Å². The molecule has 0 bridgehead atoms. The largest absolute Gasteiger partial charge is 0.497 e. The topological polar surface area (TPSA) is 85.9 Å². The molecule has 0 saturated carbocycles. The number of ether oxygens (including phenoxy) is 2. The second-order valence-electron chi connectivity index (χ2n) is 4.83. The minimum atomic E-state index is -0.308. The van der Waals surface area contributed by atoms with Crippen molar-refractivity contribution < 1.29 is 14.3 Å². The number of nitrogen functional groups attached to an aromatic ring is 1. The number of methoxy groups -OCH3 is 2. The van der Waals surface area contributed by atoms with Crippen LogP contribution in [0.15, 0.2) is 47.6 Å². The maximum atomic E-state index is 12.0. The number of nitrogens with one attached hydrogen (secondary N) is 1. The Balaban J connectivity index is 2.16. The summed E-state index contributed by atoms with van der Waals surface area (Å²) in [7, 11) is 3.15. The highest BCUT2D eigenvalue weighted by Gasteiger charge is 2.09. The molecule has 120 valence electrons. The van der Waals surface area contributed by atoms with Gasteiger partial charge in [-0.2, -0.15) is 5.10 Å². The third kappa shape index (κ3) is 4.00. The summed E-state index contributed by atoms with van der Waals surface area (Å²) < 4.78 is 10.5. The quantitative estimate of drug-likeness (QED) is 0.504. The molecule has 2 aromatic carbocycles. The molecular weight excluding hydrogens is 294 g/mol. The number of hydrazone groups is 1. The van der Waals surface area contributed by atoms with Gasteiger partial charge in [0.2, 0.25) is 0 Å². The molecule has 0 unspecified atom stereocenters. The lowest BCUT2D eigenvalue weighted by Gasteiger charge is -2.10. The molecule has 0 aliphatic heterocycles. The van der Waals surface area contributed by atoms with Gasteiger partial charge in [0.15, 0.2) is 0 Å². The molecule has 2 aromatic rings. The van der Waals surface area contributed by atoms with Crippen LogP contribution in [0.5, 0.6) is 11.5 Å². The van der Waals surface area contributed by atoms with E-state index in [-0.39, 0.29) is 5.91 Å². The number of amides is 1. The second kappa shape index (κ2) is 7.31. The number of nitrogens with two attached hydrogens (primary N) is 1. The Morgan fingerprint density at radius 3 is 2.39 bits per heavy atom. The van der Waals surface area contributed by atoms with Gasteiger partial charge in [-0.3, -0.25) is 4.79 Å². The first-order valence-electron chi connectivity index (χ1n) is 6.97. The van der Waals surface area contributed by atoms with Gasteiger partial charge in [-0.25, -0.2) is 5.43 Å². The van der Waals surface area contributed by atoms with Crippen LogP contribution >= 0.6 is 0 Å². The monoisotopic (exact) mass is 313 g/mol. The van der Waals surface area contributed by atoms with Crippen LogP contribution in [0.25, 0.3) is 0 Å². The molecule has 0 fully saturated rings. The zero-order valence-electron chi connectivity index (χ0n) is 13.3. The van der Waals surface area contributed by atoms with E-state index >= 15 is 0 Å². The van der Waals surface area contributed by atoms with Crippen LogP contribution in [-0.4, -0.2) is 25.8 Å². The Kier molecular flexibility index (Phi) is 5.19. The molecule has 23 heavy (non-hydrogen) atoms. The fraction of sp³-hybridized carbons (Fsp3) is 0.176. The van der Waals surface area contributed by atoms with Crippen molar-refractivity contribution in [2.45, 2.75) is 6.92 Å². The summed E-state index contributed by atoms with van der Waals surface area (Å²) in [6.45, 7) is 1.79. The van der Waals surface area contributed by atoms with Gasteiger partial charge in [-0.05, 0) is 43.3 Å². The first-order valence-corrected chi connectivity index (χ1v) is 6.97. The fourth-order valence-electron chi connectivity index (χ4n) is 1.99. The van der Waals surface area contributed by atoms with Gasteiger partial charge < -0.3 is 15.2 Å². The van der Waals surface area contributed by atoms with E-state index in [2.05, 4.69) is 10.5 Å². The van der Waals surface area contributed by atoms with Gasteiger partial charge in [0.05, 0.1) is 19.9 Å². The fourth-order valence-corrected chi connectivity index (χ4v) is 1.99. The summed E-state index contributed by atoms with van der Waals surface area (Å²) in [5.74, 6) is 0.994. The van der Waals surface area contributed by atoms with Crippen molar-refractivity contribution in [3.63, 3.8) is 0 Å². The minimum absolute atomic E-state index is 0.308. The number of anilines is 1. The molecule has 3 N–H and O–H groups in total. The van der Waals surface area contributed by atoms with Crippen molar-refractivity contribution in [2.75, 3.05) is 20.0 Å². The van der Waals surface area contributed by atoms with Gasteiger partial charge in [0, 0.05) is 22.9 Å². The number of benzene rings is 2. The number of carbonyl (C=O) groups excluding carboxylic acids is 1. The number of hydrogen-bond donors (Lipinski definition) is 2. The maximum absolute atomic E-state index is 12.0. The highest BCUT2D eigenvalue weighted by atomic mass is 16.5. The SMILES string of the molecule is COc1ccc(/C(C)=N/NC(=O)c2ccc(N)cc2)c(OC)c1. The molecule has 0 atom stereocenters. The Bertz CT molecular complexity index is 724. The molecule has 2 rings (SSSR count). The van der Waals surface area contributed by atoms with Crippen LogP contribution in [0.3, 0.4) is 0 Å². The van der Waals surface area contributed by atoms with E-state index in [0.29, 0.717) is 28.5 Å². The van der Waals surface area contributed by atoms with Crippen LogP contribution < -0.4 is 20.6 Å². The van der Waals surface area contributed by atoms with Gasteiger partial charge >= 0.3 is 0 Å². The number of carbonyl (C=O) groups is 1. The molecule has 0 heterocycles. The average molecular weight is 313 g/mol. The summed E-state index contributed by atoms with van der Waals surface area (Å²) in [5.41, 5.74) is 10.6. The standard InChI is InChI=1S/C17H19N3O3/c1-11(15-9-8-14(22-2)10-16(15)23-3)19-20-17(21)12-4-6-13(18)7-5-12/h4-10H,18H2,1-3H3,(H,20,21)/b19-11+. The van der Waals surface area contributed by atoms with Gasteiger partial charge in [0.1, 0.15) is 11.5 Å². The lowest BCUT2D eigenvalue weighted by atomic mass is 10.1. The lowest BCUT2D eigenvalue weighted by Crippen LogP contribution is -2.19.